The molecular weight excluding hydrogens is 251 g/mol. The third-order valence-corrected chi connectivity index (χ3v) is 2.78. The quantitative estimate of drug-likeness (QED) is 0.680. The Bertz CT molecular complexity index is 583. The first-order valence-corrected chi connectivity index (χ1v) is 5.63. The van der Waals surface area contributed by atoms with Gasteiger partial charge in [0.15, 0.2) is 0 Å². The van der Waals surface area contributed by atoms with Gasteiger partial charge in [0.2, 0.25) is 0 Å². The smallest absolute Gasteiger partial charge is 0.343 e. The highest BCUT2D eigenvalue weighted by molar-refractivity contribution is 5.95. The lowest BCUT2D eigenvalue weighted by Gasteiger charge is -2.07. The van der Waals surface area contributed by atoms with E-state index in [0.29, 0.717) is 17.0 Å². The lowest BCUT2D eigenvalue weighted by molar-refractivity contribution is 0.0467. The molecule has 1 aromatic heterocycles. The number of nitrogens with zero attached hydrogens (tertiary/aromatic N) is 1. The van der Waals surface area contributed by atoms with Crippen molar-refractivity contribution in [1.82, 2.24) is 5.16 Å². The number of nitrogens with two attached hydrogens (primary N) is 1. The van der Waals surface area contributed by atoms with Crippen molar-refractivity contribution < 1.29 is 18.4 Å². The third kappa shape index (κ3) is 2.57. The first kappa shape index (κ1) is 13.1. The number of hydrogen-bond acceptors (Lipinski definition) is 5. The molecule has 6 heteroatoms. The van der Waals surface area contributed by atoms with E-state index < -0.39 is 11.8 Å². The highest BCUT2D eigenvalue weighted by Gasteiger charge is 2.18. The molecule has 1 aromatic carbocycles. The predicted molar refractivity (Wildman–Crippen MR) is 65.9 cm³/mol. The second-order valence-corrected chi connectivity index (χ2v) is 4.08. The number of carbonyl (C=O) groups excluding carboxylic acids is 1. The van der Waals surface area contributed by atoms with Gasteiger partial charge in [0, 0.05) is 5.69 Å². The van der Waals surface area contributed by atoms with Crippen molar-refractivity contribution >= 4 is 11.7 Å². The molecular formula is C13H13FN2O3. The molecule has 19 heavy (non-hydrogen) atoms. The number of nitrogen functional groups attached to an aromatic ring is 1. The average Bonchev–Trinajstić information content (AvgIpc) is 2.66. The van der Waals surface area contributed by atoms with Gasteiger partial charge in [0.1, 0.15) is 23.7 Å². The summed E-state index contributed by atoms with van der Waals surface area (Å²) in [6.45, 7) is 3.41. The largest absolute Gasteiger partial charge is 0.457 e. The number of aryl methyl sites for hydroxylation is 2. The topological polar surface area (TPSA) is 78.4 Å². The summed E-state index contributed by atoms with van der Waals surface area (Å²) in [7, 11) is 0. The van der Waals surface area contributed by atoms with Gasteiger partial charge in [-0.05, 0) is 26.0 Å². The number of anilines is 1. The summed E-state index contributed by atoms with van der Waals surface area (Å²) in [6.07, 6.45) is 0. The number of aromatic nitrogens is 1. The van der Waals surface area contributed by atoms with Crippen LogP contribution in [0.2, 0.25) is 0 Å². The fraction of sp³-hybridized carbons (Fsp3) is 0.231. The van der Waals surface area contributed by atoms with Crippen LogP contribution in [0, 0.1) is 19.7 Å². The Hall–Kier alpha value is -2.37. The van der Waals surface area contributed by atoms with Gasteiger partial charge < -0.3 is 15.0 Å². The number of carbonyl (C=O) groups is 1. The second kappa shape index (κ2) is 5.09. The van der Waals surface area contributed by atoms with Gasteiger partial charge in [-0.2, -0.15) is 0 Å². The van der Waals surface area contributed by atoms with E-state index in [9.17, 15) is 9.18 Å². The van der Waals surface area contributed by atoms with E-state index in [-0.39, 0.29) is 17.9 Å². The van der Waals surface area contributed by atoms with Crippen LogP contribution in [-0.2, 0) is 11.3 Å². The molecule has 2 aromatic rings. The van der Waals surface area contributed by atoms with Crippen LogP contribution in [0.15, 0.2) is 22.7 Å². The number of halogens is 1. The molecule has 0 unspecified atom stereocenters. The lowest BCUT2D eigenvalue weighted by atomic mass is 10.1. The average molecular weight is 264 g/mol. The van der Waals surface area contributed by atoms with E-state index in [1.54, 1.807) is 13.8 Å². The van der Waals surface area contributed by atoms with Gasteiger partial charge >= 0.3 is 5.97 Å². The third-order valence-electron chi connectivity index (χ3n) is 2.78. The zero-order valence-electron chi connectivity index (χ0n) is 10.6. The molecule has 100 valence electrons. The lowest BCUT2D eigenvalue weighted by Crippen LogP contribution is -2.11. The Kier molecular flexibility index (Phi) is 3.50. The van der Waals surface area contributed by atoms with Gasteiger partial charge in [-0.1, -0.05) is 11.2 Å². The molecule has 0 aliphatic rings. The molecule has 0 saturated heterocycles. The molecule has 0 spiro atoms. The molecule has 0 aliphatic heterocycles. The van der Waals surface area contributed by atoms with Crippen molar-refractivity contribution in [3.63, 3.8) is 0 Å². The summed E-state index contributed by atoms with van der Waals surface area (Å²) in [5.74, 6) is -0.953. The maximum atomic E-state index is 13.5. The zero-order valence-corrected chi connectivity index (χ0v) is 10.6. The summed E-state index contributed by atoms with van der Waals surface area (Å²) in [5, 5.41) is 3.74. The molecule has 2 rings (SSSR count). The van der Waals surface area contributed by atoms with Gasteiger partial charge in [-0.25, -0.2) is 9.18 Å². The molecule has 5 nitrogen and oxygen atoms in total. The van der Waals surface area contributed by atoms with Gasteiger partial charge in [0.25, 0.3) is 0 Å². The molecule has 0 atom stereocenters. The van der Waals surface area contributed by atoms with E-state index >= 15 is 0 Å². The van der Waals surface area contributed by atoms with Gasteiger partial charge in [0.05, 0.1) is 11.3 Å². The number of ether oxygens (including phenoxy) is 1. The molecule has 1 heterocycles. The van der Waals surface area contributed by atoms with Crippen LogP contribution in [0.3, 0.4) is 0 Å². The van der Waals surface area contributed by atoms with Crippen molar-refractivity contribution in [2.45, 2.75) is 20.5 Å². The first-order valence-electron chi connectivity index (χ1n) is 5.63. The number of rotatable bonds is 3. The predicted octanol–water partition coefficient (Wildman–Crippen LogP) is 2.37. The Morgan fingerprint density at radius 1 is 1.47 bits per heavy atom. The molecule has 2 N–H and O–H groups in total. The summed E-state index contributed by atoms with van der Waals surface area (Å²) in [5.41, 5.74) is 6.65. The fourth-order valence-electron chi connectivity index (χ4n) is 1.67. The van der Waals surface area contributed by atoms with Crippen molar-refractivity contribution in [1.29, 1.82) is 0 Å². The number of benzene rings is 1. The zero-order chi connectivity index (χ0) is 14.0. The molecule has 0 aliphatic carbocycles. The van der Waals surface area contributed by atoms with Gasteiger partial charge in [-0.3, -0.25) is 0 Å². The standard InChI is InChI=1S/C13H13FN2O3/c1-7-9(8(2)19-16-7)6-18-13(17)12-10(14)4-3-5-11(12)15/h3-5H,6,15H2,1-2H3. The van der Waals surface area contributed by atoms with Crippen LogP contribution in [0.5, 0.6) is 0 Å². The van der Waals surface area contributed by atoms with Crippen molar-refractivity contribution in [3.8, 4) is 0 Å². The number of hydrogen-bond donors (Lipinski definition) is 1. The van der Waals surface area contributed by atoms with E-state index in [0.717, 1.165) is 6.07 Å². The SMILES string of the molecule is Cc1noc(C)c1COC(=O)c1c(N)cccc1F. The van der Waals surface area contributed by atoms with E-state index in [2.05, 4.69) is 5.16 Å². The monoisotopic (exact) mass is 264 g/mol. The van der Waals surface area contributed by atoms with Crippen LogP contribution in [0.25, 0.3) is 0 Å². The Morgan fingerprint density at radius 3 is 2.79 bits per heavy atom. The number of esters is 1. The fourth-order valence-corrected chi connectivity index (χ4v) is 1.67. The van der Waals surface area contributed by atoms with Crippen LogP contribution < -0.4 is 5.73 Å². The highest BCUT2D eigenvalue weighted by Crippen LogP contribution is 2.19. The first-order chi connectivity index (χ1) is 9.00. The van der Waals surface area contributed by atoms with Crippen LogP contribution >= 0.6 is 0 Å². The van der Waals surface area contributed by atoms with Crippen LogP contribution in [0.1, 0.15) is 27.4 Å². The van der Waals surface area contributed by atoms with Crippen molar-refractivity contribution in [2.75, 3.05) is 5.73 Å². The maximum Gasteiger partial charge on any atom is 0.343 e. The van der Waals surface area contributed by atoms with E-state index in [1.807, 2.05) is 0 Å². The molecule has 0 amide bonds. The normalized spacial score (nSPS) is 10.5. The van der Waals surface area contributed by atoms with Gasteiger partial charge in [-0.15, -0.1) is 0 Å². The Morgan fingerprint density at radius 2 is 2.21 bits per heavy atom. The Labute approximate surface area is 109 Å². The molecule has 0 radical (unpaired) electrons. The minimum Gasteiger partial charge on any atom is -0.457 e. The summed E-state index contributed by atoms with van der Waals surface area (Å²) >= 11 is 0. The van der Waals surface area contributed by atoms with E-state index in [1.165, 1.54) is 12.1 Å². The minimum atomic E-state index is -0.810. The van der Waals surface area contributed by atoms with Crippen molar-refractivity contribution in [2.24, 2.45) is 0 Å². The van der Waals surface area contributed by atoms with Crippen LogP contribution in [-0.4, -0.2) is 11.1 Å². The molecule has 0 saturated carbocycles. The van der Waals surface area contributed by atoms with Crippen LogP contribution in [0.4, 0.5) is 10.1 Å². The minimum absolute atomic E-state index is 0.0340. The van der Waals surface area contributed by atoms with E-state index in [4.69, 9.17) is 15.0 Å². The summed E-state index contributed by atoms with van der Waals surface area (Å²) in [4.78, 5) is 11.8. The Balaban J connectivity index is 2.15. The molecule has 0 bridgehead atoms. The summed E-state index contributed by atoms with van der Waals surface area (Å²) in [6, 6.07) is 4.02. The highest BCUT2D eigenvalue weighted by atomic mass is 19.1. The maximum absolute atomic E-state index is 13.5. The van der Waals surface area contributed by atoms with Crippen molar-refractivity contribution in [3.05, 3.63) is 46.6 Å². The second-order valence-electron chi connectivity index (χ2n) is 4.08. The molecule has 0 fully saturated rings. The summed E-state index contributed by atoms with van der Waals surface area (Å²) < 4.78 is 23.5.